The van der Waals surface area contributed by atoms with Gasteiger partial charge in [-0.2, -0.15) is 13.2 Å². The summed E-state index contributed by atoms with van der Waals surface area (Å²) in [6, 6.07) is 17.7. The molecular formula is C39H47Cl2F3N4O4S. The SMILES string of the molecule is Cl.Cl.O=C(C=CC=Cc1ccc2c(c1)OCO2)N1CCCCC1.OCCN1CCN(CCCN2c3ccccc3Sc3ccc(C(F)(F)F)cc32)CC1. The van der Waals surface area contributed by atoms with E-state index < -0.39 is 11.7 Å². The summed E-state index contributed by atoms with van der Waals surface area (Å²) in [5.41, 5.74) is 2.03. The zero-order chi connectivity index (χ0) is 35.6. The molecule has 0 bridgehead atoms. The molecule has 14 heteroatoms. The van der Waals surface area contributed by atoms with Crippen LogP contribution in [-0.4, -0.2) is 98.0 Å². The van der Waals surface area contributed by atoms with Gasteiger partial charge in [-0.1, -0.05) is 48.2 Å². The molecule has 4 aliphatic heterocycles. The van der Waals surface area contributed by atoms with Crippen LogP contribution in [0.5, 0.6) is 11.5 Å². The van der Waals surface area contributed by atoms with Crippen molar-refractivity contribution in [3.63, 3.8) is 0 Å². The van der Waals surface area contributed by atoms with Crippen molar-refractivity contribution in [1.29, 1.82) is 0 Å². The van der Waals surface area contributed by atoms with E-state index in [2.05, 4.69) is 9.80 Å². The Morgan fingerprint density at radius 3 is 2.21 bits per heavy atom. The lowest BCUT2D eigenvalue weighted by Crippen LogP contribution is -2.47. The van der Waals surface area contributed by atoms with E-state index in [1.807, 2.05) is 64.4 Å². The van der Waals surface area contributed by atoms with Gasteiger partial charge in [-0.05, 0) is 80.3 Å². The number of hydrogen-bond donors (Lipinski definition) is 1. The molecule has 0 atom stereocenters. The number of aliphatic hydroxyl groups excluding tert-OH is 1. The molecule has 4 aliphatic rings. The van der Waals surface area contributed by atoms with E-state index in [-0.39, 0.29) is 44.1 Å². The number of anilines is 2. The van der Waals surface area contributed by atoms with Crippen LogP contribution in [0.3, 0.4) is 0 Å². The van der Waals surface area contributed by atoms with Crippen molar-refractivity contribution in [3.05, 3.63) is 90.0 Å². The third kappa shape index (κ3) is 11.6. The first kappa shape index (κ1) is 42.4. The van der Waals surface area contributed by atoms with Crippen molar-refractivity contribution >= 4 is 59.9 Å². The maximum Gasteiger partial charge on any atom is 0.416 e. The Hall–Kier alpha value is -3.39. The van der Waals surface area contributed by atoms with Gasteiger partial charge in [0.2, 0.25) is 12.7 Å². The topological polar surface area (TPSA) is 68.7 Å². The summed E-state index contributed by atoms with van der Waals surface area (Å²) in [5, 5.41) is 9.07. The fourth-order valence-electron chi connectivity index (χ4n) is 6.62. The number of rotatable bonds is 9. The fourth-order valence-corrected chi connectivity index (χ4v) is 7.69. The zero-order valence-corrected chi connectivity index (χ0v) is 32.0. The molecule has 0 aromatic heterocycles. The van der Waals surface area contributed by atoms with E-state index in [4.69, 9.17) is 14.6 Å². The van der Waals surface area contributed by atoms with E-state index in [0.717, 1.165) is 97.6 Å². The summed E-state index contributed by atoms with van der Waals surface area (Å²) in [5.74, 6) is 1.65. The molecule has 288 valence electrons. The first-order chi connectivity index (χ1) is 24.8. The highest BCUT2D eigenvalue weighted by Crippen LogP contribution is 2.49. The summed E-state index contributed by atoms with van der Waals surface area (Å²) in [6.45, 7) is 8.35. The standard InChI is InChI=1S/C22H26F3N3OS.C17H19NO3.2ClH/c23-22(24,25)17-6-7-21-19(16-17)28(18-4-1-2-5-20(18)30-21)9-3-8-26-10-12-27(13-11-26)14-15-29;19-17(18-10-4-1-5-11-18)7-3-2-6-14-8-9-15-16(12-14)21-13-20-15;;/h1-2,4-7,16,29H,3,8-15H2;2-3,6-9,12H,1,4-5,10-11,13H2;2*1H. The smallest absolute Gasteiger partial charge is 0.416 e. The number of ether oxygens (including phenoxy) is 2. The van der Waals surface area contributed by atoms with Gasteiger partial charge in [-0.15, -0.1) is 24.8 Å². The number of hydrogen-bond acceptors (Lipinski definition) is 8. The van der Waals surface area contributed by atoms with Gasteiger partial charge >= 0.3 is 6.18 Å². The van der Waals surface area contributed by atoms with E-state index in [0.29, 0.717) is 18.8 Å². The van der Waals surface area contributed by atoms with Crippen LogP contribution in [0.1, 0.15) is 36.8 Å². The first-order valence-electron chi connectivity index (χ1n) is 17.6. The van der Waals surface area contributed by atoms with Crippen LogP contribution in [0.2, 0.25) is 0 Å². The number of β-amino-alcohol motifs (C(OH)–C–C–N with tert-alkyl or cyclic N) is 1. The van der Waals surface area contributed by atoms with Gasteiger partial charge in [0.25, 0.3) is 0 Å². The second-order valence-corrected chi connectivity index (χ2v) is 14.0. The van der Waals surface area contributed by atoms with Crippen molar-refractivity contribution in [3.8, 4) is 11.5 Å². The number of likely N-dealkylation sites (tertiary alicyclic amines) is 1. The molecule has 1 N–H and O–H groups in total. The molecule has 0 saturated carbocycles. The molecule has 2 fully saturated rings. The molecule has 1 amide bonds. The van der Waals surface area contributed by atoms with Crippen molar-refractivity contribution in [2.45, 2.75) is 41.7 Å². The lowest BCUT2D eigenvalue weighted by atomic mass is 10.1. The van der Waals surface area contributed by atoms with Crippen LogP contribution in [0.4, 0.5) is 24.5 Å². The van der Waals surface area contributed by atoms with Crippen LogP contribution in [-0.2, 0) is 11.0 Å². The maximum absolute atomic E-state index is 13.3. The maximum atomic E-state index is 13.3. The summed E-state index contributed by atoms with van der Waals surface area (Å²) in [7, 11) is 0. The van der Waals surface area contributed by atoms with Crippen molar-refractivity contribution in [1.82, 2.24) is 14.7 Å². The summed E-state index contributed by atoms with van der Waals surface area (Å²) >= 11 is 1.53. The predicted octanol–water partition coefficient (Wildman–Crippen LogP) is 8.15. The van der Waals surface area contributed by atoms with E-state index >= 15 is 0 Å². The minimum Gasteiger partial charge on any atom is -0.454 e. The van der Waals surface area contributed by atoms with Crippen molar-refractivity contribution in [2.75, 3.05) is 77.2 Å². The van der Waals surface area contributed by atoms with E-state index in [1.165, 1.54) is 30.3 Å². The quantitative estimate of drug-likeness (QED) is 0.172. The molecule has 0 spiro atoms. The molecule has 7 rings (SSSR count). The number of amides is 1. The van der Waals surface area contributed by atoms with Gasteiger partial charge in [0.1, 0.15) is 0 Å². The lowest BCUT2D eigenvalue weighted by molar-refractivity contribution is -0.137. The molecule has 8 nitrogen and oxygen atoms in total. The summed E-state index contributed by atoms with van der Waals surface area (Å²) in [4.78, 5) is 22.5. The number of allylic oxidation sites excluding steroid dienone is 2. The zero-order valence-electron chi connectivity index (χ0n) is 29.5. The van der Waals surface area contributed by atoms with Crippen LogP contribution < -0.4 is 14.4 Å². The third-order valence-corrected chi connectivity index (χ3v) is 10.5. The Morgan fingerprint density at radius 1 is 0.774 bits per heavy atom. The number of aliphatic hydroxyl groups is 1. The van der Waals surface area contributed by atoms with Crippen LogP contribution >= 0.6 is 36.6 Å². The average Bonchev–Trinajstić information content (AvgIpc) is 3.62. The number of para-hydroxylation sites is 1. The number of halogens is 5. The van der Waals surface area contributed by atoms with Crippen LogP contribution in [0.15, 0.2) is 88.7 Å². The Labute approximate surface area is 326 Å². The largest absolute Gasteiger partial charge is 0.454 e. The van der Waals surface area contributed by atoms with Gasteiger partial charge in [0.05, 0.1) is 23.5 Å². The number of fused-ring (bicyclic) bond motifs is 3. The van der Waals surface area contributed by atoms with Crippen molar-refractivity contribution < 1.29 is 32.5 Å². The number of carbonyl (C=O) groups is 1. The van der Waals surface area contributed by atoms with Gasteiger partial charge in [0.15, 0.2) is 11.5 Å². The number of piperidine rings is 1. The minimum absolute atomic E-state index is 0. The second-order valence-electron chi connectivity index (χ2n) is 12.9. The summed E-state index contributed by atoms with van der Waals surface area (Å²) < 4.78 is 50.5. The highest BCUT2D eigenvalue weighted by molar-refractivity contribution is 7.99. The van der Waals surface area contributed by atoms with Crippen molar-refractivity contribution in [2.24, 2.45) is 0 Å². The Morgan fingerprint density at radius 2 is 1.47 bits per heavy atom. The lowest BCUT2D eigenvalue weighted by Gasteiger charge is -2.36. The fraction of sp³-hybridized carbons (Fsp3) is 0.410. The predicted molar refractivity (Wildman–Crippen MR) is 209 cm³/mol. The number of carbonyl (C=O) groups excluding carboxylic acids is 1. The number of benzene rings is 3. The highest BCUT2D eigenvalue weighted by Gasteiger charge is 2.33. The number of piperazine rings is 1. The highest BCUT2D eigenvalue weighted by atomic mass is 35.5. The molecule has 0 unspecified atom stereocenters. The van der Waals surface area contributed by atoms with Crippen LogP contribution in [0.25, 0.3) is 6.08 Å². The second kappa shape index (κ2) is 20.3. The third-order valence-electron chi connectivity index (χ3n) is 9.39. The minimum atomic E-state index is -4.35. The molecule has 53 heavy (non-hydrogen) atoms. The Balaban J connectivity index is 0.000000241. The van der Waals surface area contributed by atoms with Crippen LogP contribution in [0, 0.1) is 0 Å². The monoisotopic (exact) mass is 794 g/mol. The molecule has 0 radical (unpaired) electrons. The normalized spacial score (nSPS) is 17.1. The Kier molecular flexibility index (Phi) is 16.3. The number of alkyl halides is 3. The number of nitrogens with zero attached hydrogens (tertiary/aromatic N) is 4. The van der Waals surface area contributed by atoms with Gasteiger partial charge in [0, 0.05) is 68.2 Å². The van der Waals surface area contributed by atoms with E-state index in [9.17, 15) is 18.0 Å². The van der Waals surface area contributed by atoms with Gasteiger partial charge in [-0.3, -0.25) is 9.69 Å². The molecule has 2 saturated heterocycles. The molecule has 0 aliphatic carbocycles. The molecule has 3 aromatic carbocycles. The average molecular weight is 796 g/mol. The molecule has 3 aromatic rings. The molecule has 4 heterocycles. The molecular weight excluding hydrogens is 748 g/mol. The first-order valence-corrected chi connectivity index (χ1v) is 18.4. The Bertz CT molecular complexity index is 1700. The van der Waals surface area contributed by atoms with Gasteiger partial charge < -0.3 is 29.3 Å². The van der Waals surface area contributed by atoms with Gasteiger partial charge in [-0.25, -0.2) is 0 Å². The summed E-state index contributed by atoms with van der Waals surface area (Å²) in [6.07, 6.45) is 7.24. The van der Waals surface area contributed by atoms with E-state index in [1.54, 1.807) is 18.2 Å².